The van der Waals surface area contributed by atoms with Crippen LogP contribution in [0.25, 0.3) is 10.8 Å². The molecule has 2 rings (SSSR count). The Balaban J connectivity index is 2.44. The van der Waals surface area contributed by atoms with Gasteiger partial charge in [0.15, 0.2) is 6.10 Å². The van der Waals surface area contributed by atoms with Crippen LogP contribution in [0.2, 0.25) is 0 Å². The molecule has 2 aromatic rings. The van der Waals surface area contributed by atoms with Crippen molar-refractivity contribution in [3.63, 3.8) is 0 Å². The maximum atomic E-state index is 12.5. The van der Waals surface area contributed by atoms with E-state index in [1.807, 2.05) is 49.4 Å². The van der Waals surface area contributed by atoms with Crippen molar-refractivity contribution >= 4 is 18.6 Å². The molecule has 0 heterocycles. The molecule has 0 aliphatic carbocycles. The number of fused-ring (bicyclic) bond motifs is 1. The second-order valence-corrected chi connectivity index (χ2v) is 6.54. The molecule has 0 aromatic heterocycles. The topological polar surface area (TPSA) is 68.6 Å². The predicted octanol–water partition coefficient (Wildman–Crippen LogP) is 4.91. The number of hydrogen-bond donors (Lipinski definition) is 0. The first-order valence-electron chi connectivity index (χ1n) is 7.50. The van der Waals surface area contributed by atoms with Gasteiger partial charge in [0.2, 0.25) is 0 Å². The van der Waals surface area contributed by atoms with Crippen molar-refractivity contribution in [2.24, 2.45) is 0 Å². The van der Waals surface area contributed by atoms with Gasteiger partial charge in [-0.15, -0.1) is 0 Å². The van der Waals surface area contributed by atoms with Gasteiger partial charge in [-0.2, -0.15) is 5.26 Å². The zero-order chi connectivity index (χ0) is 16.9. The summed E-state index contributed by atoms with van der Waals surface area (Å²) in [4.78, 5) is 0. The third-order valence-electron chi connectivity index (χ3n) is 3.38. The molecule has 1 unspecified atom stereocenters. The lowest BCUT2D eigenvalue weighted by Gasteiger charge is -2.20. The van der Waals surface area contributed by atoms with Crippen LogP contribution in [0.3, 0.4) is 0 Å². The number of nitrogens with zero attached hydrogens (tertiary/aromatic N) is 1. The van der Waals surface area contributed by atoms with Crippen molar-refractivity contribution in [1.29, 1.82) is 5.26 Å². The molecule has 0 aliphatic heterocycles. The maximum Gasteiger partial charge on any atom is 0.476 e. The van der Waals surface area contributed by atoms with Gasteiger partial charge in [0.05, 0.1) is 19.3 Å². The number of nitriles is 1. The number of hydrogen-bond acceptors (Lipinski definition) is 5. The van der Waals surface area contributed by atoms with Crippen molar-refractivity contribution in [3.05, 3.63) is 47.5 Å². The van der Waals surface area contributed by atoms with Gasteiger partial charge in [-0.05, 0) is 37.1 Å². The van der Waals surface area contributed by atoms with Crippen LogP contribution in [0, 0.1) is 18.3 Å². The summed E-state index contributed by atoms with van der Waals surface area (Å²) in [5.74, 6) is 0. The highest BCUT2D eigenvalue weighted by Gasteiger charge is 2.31. The fraction of sp³-hybridized carbons (Fsp3) is 0.353. The largest absolute Gasteiger partial charge is 0.476 e. The Labute approximate surface area is 136 Å². The Morgan fingerprint density at radius 3 is 2.26 bits per heavy atom. The molecule has 5 nitrogen and oxygen atoms in total. The van der Waals surface area contributed by atoms with E-state index in [0.717, 1.165) is 16.3 Å². The lowest BCUT2D eigenvalue weighted by atomic mass is 9.98. The predicted molar refractivity (Wildman–Crippen MR) is 89.0 cm³/mol. The van der Waals surface area contributed by atoms with Crippen LogP contribution in [0.15, 0.2) is 36.4 Å². The quantitative estimate of drug-likeness (QED) is 0.673. The molecule has 0 spiro atoms. The van der Waals surface area contributed by atoms with Crippen LogP contribution < -0.4 is 0 Å². The van der Waals surface area contributed by atoms with Crippen LogP contribution in [-0.2, 0) is 18.1 Å². The van der Waals surface area contributed by atoms with Crippen LogP contribution >= 0.6 is 7.82 Å². The fourth-order valence-electron chi connectivity index (χ4n) is 2.40. The minimum absolute atomic E-state index is 0.171. The first-order valence-corrected chi connectivity index (χ1v) is 8.96. The van der Waals surface area contributed by atoms with Crippen molar-refractivity contribution in [3.8, 4) is 6.07 Å². The molecular weight excluding hydrogens is 313 g/mol. The van der Waals surface area contributed by atoms with Crippen LogP contribution in [0.5, 0.6) is 0 Å². The molecule has 0 saturated carbocycles. The van der Waals surface area contributed by atoms with E-state index in [4.69, 9.17) is 13.6 Å². The second-order valence-electron chi connectivity index (χ2n) is 4.91. The minimum atomic E-state index is -3.77. The minimum Gasteiger partial charge on any atom is -0.287 e. The molecule has 0 amide bonds. The lowest BCUT2D eigenvalue weighted by Crippen LogP contribution is -2.06. The van der Waals surface area contributed by atoms with E-state index in [1.54, 1.807) is 13.8 Å². The average molecular weight is 333 g/mol. The molecular formula is C17H20NO4P. The summed E-state index contributed by atoms with van der Waals surface area (Å²) in [5, 5.41) is 11.4. The zero-order valence-electron chi connectivity index (χ0n) is 13.5. The number of aryl methyl sites for hydroxylation is 1. The fourth-order valence-corrected chi connectivity index (χ4v) is 3.64. The van der Waals surface area contributed by atoms with Crippen molar-refractivity contribution in [2.45, 2.75) is 26.9 Å². The number of phosphoric ester groups is 1. The van der Waals surface area contributed by atoms with E-state index in [0.29, 0.717) is 5.56 Å². The summed E-state index contributed by atoms with van der Waals surface area (Å²) < 4.78 is 28.2. The van der Waals surface area contributed by atoms with Crippen molar-refractivity contribution in [2.75, 3.05) is 13.2 Å². The van der Waals surface area contributed by atoms with E-state index in [2.05, 4.69) is 0 Å². The van der Waals surface area contributed by atoms with E-state index in [1.165, 1.54) is 0 Å². The lowest BCUT2D eigenvalue weighted by molar-refractivity contribution is 0.103. The van der Waals surface area contributed by atoms with Gasteiger partial charge >= 0.3 is 7.82 Å². The molecule has 1 atom stereocenters. The Kier molecular flexibility index (Phi) is 5.92. The molecule has 2 aromatic carbocycles. The summed E-state index contributed by atoms with van der Waals surface area (Å²) in [6.07, 6.45) is -1.04. The van der Waals surface area contributed by atoms with Crippen LogP contribution in [-0.4, -0.2) is 13.2 Å². The molecule has 0 radical (unpaired) electrons. The number of benzene rings is 2. The van der Waals surface area contributed by atoms with Gasteiger partial charge < -0.3 is 0 Å². The third-order valence-corrected chi connectivity index (χ3v) is 5.00. The third kappa shape index (κ3) is 3.99. The Morgan fingerprint density at radius 2 is 1.70 bits per heavy atom. The van der Waals surface area contributed by atoms with Gasteiger partial charge in [-0.3, -0.25) is 13.6 Å². The van der Waals surface area contributed by atoms with Gasteiger partial charge in [0, 0.05) is 5.56 Å². The Morgan fingerprint density at radius 1 is 1.09 bits per heavy atom. The molecule has 23 heavy (non-hydrogen) atoms. The SMILES string of the molecule is CCOP(=O)(OCC)OC(C#N)c1ccc(C)c2ccccc12. The van der Waals surface area contributed by atoms with E-state index in [-0.39, 0.29) is 13.2 Å². The summed E-state index contributed by atoms with van der Waals surface area (Å²) in [5.41, 5.74) is 1.74. The van der Waals surface area contributed by atoms with E-state index < -0.39 is 13.9 Å². The summed E-state index contributed by atoms with van der Waals surface area (Å²) in [7, 11) is -3.77. The van der Waals surface area contributed by atoms with Crippen molar-refractivity contribution in [1.82, 2.24) is 0 Å². The molecule has 0 fully saturated rings. The highest BCUT2D eigenvalue weighted by atomic mass is 31.2. The van der Waals surface area contributed by atoms with Crippen LogP contribution in [0.4, 0.5) is 0 Å². The van der Waals surface area contributed by atoms with Gasteiger partial charge in [-0.25, -0.2) is 4.57 Å². The average Bonchev–Trinajstić information content (AvgIpc) is 2.54. The smallest absolute Gasteiger partial charge is 0.287 e. The first kappa shape index (κ1) is 17.7. The second kappa shape index (κ2) is 7.72. The molecule has 0 N–H and O–H groups in total. The normalized spacial score (nSPS) is 13.0. The van der Waals surface area contributed by atoms with Gasteiger partial charge in [-0.1, -0.05) is 36.4 Å². The maximum absolute atomic E-state index is 12.5. The first-order chi connectivity index (χ1) is 11.0. The Bertz CT molecular complexity index is 759. The zero-order valence-corrected chi connectivity index (χ0v) is 14.4. The highest BCUT2D eigenvalue weighted by Crippen LogP contribution is 2.53. The highest BCUT2D eigenvalue weighted by molar-refractivity contribution is 7.48. The molecule has 6 heteroatoms. The summed E-state index contributed by atoms with van der Waals surface area (Å²) in [6, 6.07) is 13.5. The number of rotatable bonds is 7. The van der Waals surface area contributed by atoms with E-state index in [9.17, 15) is 9.83 Å². The molecule has 0 bridgehead atoms. The monoisotopic (exact) mass is 333 g/mol. The Hall–Kier alpha value is -1.70. The standard InChI is InChI=1S/C17H20NO4P/c1-4-20-23(19,21-5-2)22-17(12-18)16-11-10-13(3)14-8-6-7-9-15(14)16/h6-11,17H,4-5H2,1-3H3. The van der Waals surface area contributed by atoms with Crippen molar-refractivity contribution < 1.29 is 18.1 Å². The summed E-state index contributed by atoms with van der Waals surface area (Å²) >= 11 is 0. The molecule has 0 saturated heterocycles. The van der Waals surface area contributed by atoms with Crippen LogP contribution in [0.1, 0.15) is 31.1 Å². The van der Waals surface area contributed by atoms with Gasteiger partial charge in [0.25, 0.3) is 0 Å². The van der Waals surface area contributed by atoms with Gasteiger partial charge in [0.1, 0.15) is 0 Å². The summed E-state index contributed by atoms with van der Waals surface area (Å²) in [6.45, 7) is 5.73. The van der Waals surface area contributed by atoms with E-state index >= 15 is 0 Å². The number of phosphoric acid groups is 1. The molecule has 0 aliphatic rings. The molecule has 122 valence electrons.